The summed E-state index contributed by atoms with van der Waals surface area (Å²) >= 11 is 1.83. The Bertz CT molecular complexity index is 1110. The number of piperazine rings is 1. The minimum atomic E-state index is -0.127. The van der Waals surface area contributed by atoms with Crippen molar-refractivity contribution in [2.75, 3.05) is 31.1 Å². The number of quaternary nitrogens is 1. The summed E-state index contributed by atoms with van der Waals surface area (Å²) in [6, 6.07) is 20.4. The molecular formula is C24H25FN3S+. The molecule has 1 aliphatic rings. The van der Waals surface area contributed by atoms with Crippen LogP contribution in [0.4, 0.5) is 10.1 Å². The van der Waals surface area contributed by atoms with Gasteiger partial charge in [0.15, 0.2) is 6.04 Å². The van der Waals surface area contributed by atoms with E-state index in [1.54, 1.807) is 17.0 Å². The van der Waals surface area contributed by atoms with Gasteiger partial charge in [-0.1, -0.05) is 36.4 Å². The monoisotopic (exact) mass is 406 g/mol. The van der Waals surface area contributed by atoms with Crippen molar-refractivity contribution in [3.8, 4) is 0 Å². The lowest BCUT2D eigenvalue weighted by Crippen LogP contribution is -3.15. The van der Waals surface area contributed by atoms with Gasteiger partial charge in [0, 0.05) is 22.2 Å². The molecule has 1 aliphatic heterocycles. The van der Waals surface area contributed by atoms with Crippen molar-refractivity contribution in [1.29, 1.82) is 0 Å². The van der Waals surface area contributed by atoms with Gasteiger partial charge in [-0.25, -0.2) is 4.39 Å². The third kappa shape index (κ3) is 3.34. The van der Waals surface area contributed by atoms with Crippen molar-refractivity contribution in [2.24, 2.45) is 0 Å². The Labute approximate surface area is 174 Å². The number of thiophene rings is 1. The first kappa shape index (κ1) is 18.4. The van der Waals surface area contributed by atoms with Crippen molar-refractivity contribution in [1.82, 2.24) is 4.98 Å². The number of hydrogen-bond donors (Lipinski definition) is 2. The van der Waals surface area contributed by atoms with E-state index in [1.165, 1.54) is 27.0 Å². The Morgan fingerprint density at radius 2 is 1.76 bits per heavy atom. The van der Waals surface area contributed by atoms with Gasteiger partial charge in [-0.05, 0) is 36.6 Å². The molecule has 1 fully saturated rings. The van der Waals surface area contributed by atoms with E-state index in [1.807, 2.05) is 23.5 Å². The van der Waals surface area contributed by atoms with Gasteiger partial charge in [0.2, 0.25) is 0 Å². The number of para-hydroxylation sites is 2. The van der Waals surface area contributed by atoms with Gasteiger partial charge in [-0.3, -0.25) is 0 Å². The molecule has 3 nitrogen and oxygen atoms in total. The van der Waals surface area contributed by atoms with Gasteiger partial charge in [0.25, 0.3) is 0 Å². The molecule has 3 heterocycles. The standard InChI is InChI=1S/C24H24FN3S/c1-17-23(18-7-2-4-9-20(18)26-17)24(22-11-6-16-29-22)28-14-12-27(13-15-28)21-10-5-3-8-19(21)25/h2-11,16,24,26H,12-15H2,1H3/p+1/t24-/m0/s1. The molecule has 148 valence electrons. The first-order chi connectivity index (χ1) is 14.2. The minimum Gasteiger partial charge on any atom is -0.358 e. The van der Waals surface area contributed by atoms with Crippen LogP contribution in [0.1, 0.15) is 22.2 Å². The highest BCUT2D eigenvalue weighted by Gasteiger charge is 2.34. The summed E-state index contributed by atoms with van der Waals surface area (Å²) in [7, 11) is 0. The van der Waals surface area contributed by atoms with Gasteiger partial charge in [-0.2, -0.15) is 0 Å². The van der Waals surface area contributed by atoms with Crippen LogP contribution < -0.4 is 9.80 Å². The van der Waals surface area contributed by atoms with Gasteiger partial charge in [0.05, 0.1) is 36.7 Å². The molecule has 1 atom stereocenters. The smallest absolute Gasteiger partial charge is 0.151 e. The lowest BCUT2D eigenvalue weighted by Gasteiger charge is -2.37. The Morgan fingerprint density at radius 3 is 2.52 bits per heavy atom. The molecule has 2 aromatic heterocycles. The summed E-state index contributed by atoms with van der Waals surface area (Å²) in [5.41, 5.74) is 4.57. The SMILES string of the molecule is Cc1[nH]c2ccccc2c1[C@H](c1cccs1)[NH+]1CCN(c2ccccc2F)CC1. The molecule has 0 bridgehead atoms. The molecule has 29 heavy (non-hydrogen) atoms. The summed E-state index contributed by atoms with van der Waals surface area (Å²) < 4.78 is 14.3. The number of rotatable bonds is 4. The van der Waals surface area contributed by atoms with E-state index in [-0.39, 0.29) is 5.82 Å². The zero-order valence-corrected chi connectivity index (χ0v) is 17.3. The van der Waals surface area contributed by atoms with Crippen LogP contribution in [0, 0.1) is 12.7 Å². The Morgan fingerprint density at radius 1 is 1.00 bits per heavy atom. The number of H-pyrrole nitrogens is 1. The van der Waals surface area contributed by atoms with E-state index in [2.05, 4.69) is 58.6 Å². The lowest BCUT2D eigenvalue weighted by atomic mass is 9.99. The van der Waals surface area contributed by atoms with Crippen LogP contribution in [0.5, 0.6) is 0 Å². The zero-order valence-electron chi connectivity index (χ0n) is 16.5. The number of hydrogen-bond acceptors (Lipinski definition) is 2. The van der Waals surface area contributed by atoms with Gasteiger partial charge in [-0.15, -0.1) is 11.3 Å². The van der Waals surface area contributed by atoms with Crippen LogP contribution in [0.25, 0.3) is 10.9 Å². The van der Waals surface area contributed by atoms with E-state index >= 15 is 0 Å². The van der Waals surface area contributed by atoms with E-state index in [4.69, 9.17) is 0 Å². The maximum Gasteiger partial charge on any atom is 0.151 e. The number of anilines is 1. The van der Waals surface area contributed by atoms with E-state index in [0.29, 0.717) is 6.04 Å². The first-order valence-corrected chi connectivity index (χ1v) is 11.0. The van der Waals surface area contributed by atoms with Crippen molar-refractivity contribution >= 4 is 27.9 Å². The maximum absolute atomic E-state index is 14.3. The highest BCUT2D eigenvalue weighted by atomic mass is 32.1. The number of benzene rings is 2. The Kier molecular flexibility index (Phi) is 4.86. The quantitative estimate of drug-likeness (QED) is 0.522. The average Bonchev–Trinajstić information content (AvgIpc) is 3.38. The summed E-state index contributed by atoms with van der Waals surface area (Å²) in [4.78, 5) is 8.71. The van der Waals surface area contributed by atoms with Crippen LogP contribution in [-0.4, -0.2) is 31.2 Å². The van der Waals surface area contributed by atoms with E-state index in [9.17, 15) is 4.39 Å². The zero-order chi connectivity index (χ0) is 19.8. The highest BCUT2D eigenvalue weighted by molar-refractivity contribution is 7.10. The van der Waals surface area contributed by atoms with Crippen molar-refractivity contribution < 1.29 is 9.29 Å². The van der Waals surface area contributed by atoms with Crippen molar-refractivity contribution in [2.45, 2.75) is 13.0 Å². The van der Waals surface area contributed by atoms with Crippen LogP contribution in [0.3, 0.4) is 0 Å². The molecule has 2 aromatic carbocycles. The van der Waals surface area contributed by atoms with Crippen LogP contribution in [0.2, 0.25) is 0 Å². The summed E-state index contributed by atoms with van der Waals surface area (Å²) in [6.45, 7) is 5.87. The largest absolute Gasteiger partial charge is 0.358 e. The fraction of sp³-hybridized carbons (Fsp3) is 0.250. The predicted molar refractivity (Wildman–Crippen MR) is 119 cm³/mol. The van der Waals surface area contributed by atoms with Crippen LogP contribution in [0.15, 0.2) is 66.0 Å². The summed E-state index contributed by atoms with van der Waals surface area (Å²) in [6.07, 6.45) is 0. The number of nitrogens with one attached hydrogen (secondary N) is 2. The second-order valence-corrected chi connectivity index (χ2v) is 8.73. The van der Waals surface area contributed by atoms with Crippen LogP contribution >= 0.6 is 11.3 Å². The summed E-state index contributed by atoms with van der Waals surface area (Å²) in [5.74, 6) is -0.127. The molecule has 0 unspecified atom stereocenters. The molecule has 4 aromatic rings. The second kappa shape index (κ2) is 7.65. The van der Waals surface area contributed by atoms with Gasteiger partial charge in [0.1, 0.15) is 5.82 Å². The molecule has 0 spiro atoms. The molecule has 0 aliphatic carbocycles. The predicted octanol–water partition coefficient (Wildman–Crippen LogP) is 4.17. The fourth-order valence-corrected chi connectivity index (χ4v) is 5.60. The fourth-order valence-electron chi connectivity index (χ4n) is 4.71. The highest BCUT2D eigenvalue weighted by Crippen LogP contribution is 2.32. The molecule has 0 radical (unpaired) electrons. The molecule has 5 rings (SSSR count). The molecular weight excluding hydrogens is 381 g/mol. The molecule has 2 N–H and O–H groups in total. The number of halogens is 1. The van der Waals surface area contributed by atoms with Gasteiger partial charge >= 0.3 is 0 Å². The number of aromatic nitrogens is 1. The van der Waals surface area contributed by atoms with Gasteiger partial charge < -0.3 is 14.8 Å². The maximum atomic E-state index is 14.3. The Hall–Kier alpha value is -2.63. The molecule has 5 heteroatoms. The molecule has 1 saturated heterocycles. The molecule has 0 saturated carbocycles. The first-order valence-electron chi connectivity index (χ1n) is 10.2. The lowest BCUT2D eigenvalue weighted by molar-refractivity contribution is -0.925. The minimum absolute atomic E-state index is 0.127. The van der Waals surface area contributed by atoms with E-state index < -0.39 is 0 Å². The Balaban J connectivity index is 1.48. The van der Waals surface area contributed by atoms with Crippen molar-refractivity contribution in [3.63, 3.8) is 0 Å². The average molecular weight is 407 g/mol. The number of fused-ring (bicyclic) bond motifs is 1. The van der Waals surface area contributed by atoms with Crippen molar-refractivity contribution in [3.05, 3.63) is 88.0 Å². The third-order valence-electron chi connectivity index (χ3n) is 6.07. The summed E-state index contributed by atoms with van der Waals surface area (Å²) in [5, 5.41) is 3.48. The topological polar surface area (TPSA) is 23.5 Å². The second-order valence-electron chi connectivity index (χ2n) is 7.75. The number of aryl methyl sites for hydroxylation is 1. The van der Waals surface area contributed by atoms with E-state index in [0.717, 1.165) is 31.9 Å². The normalized spacial score (nSPS) is 16.4. The molecule has 0 amide bonds. The number of aromatic amines is 1. The third-order valence-corrected chi connectivity index (χ3v) is 7.00. The number of nitrogens with zero attached hydrogens (tertiary/aromatic N) is 1. The van der Waals surface area contributed by atoms with Crippen LogP contribution in [-0.2, 0) is 0 Å².